The first-order valence-corrected chi connectivity index (χ1v) is 8.36. The van der Waals surface area contributed by atoms with E-state index in [1.54, 1.807) is 34.9 Å². The van der Waals surface area contributed by atoms with E-state index in [-0.39, 0.29) is 17.4 Å². The second-order valence-electron chi connectivity index (χ2n) is 6.42. The summed E-state index contributed by atoms with van der Waals surface area (Å²) in [5.74, 6) is -0.474. The number of ether oxygens (including phenoxy) is 1. The lowest BCUT2D eigenvalue weighted by atomic mass is 10.1. The molecule has 3 aromatic rings. The third-order valence-corrected chi connectivity index (χ3v) is 4.82. The van der Waals surface area contributed by atoms with Gasteiger partial charge in [-0.05, 0) is 37.1 Å². The van der Waals surface area contributed by atoms with Crippen molar-refractivity contribution in [3.8, 4) is 11.5 Å². The number of carbonyl (C=O) groups is 1. The van der Waals surface area contributed by atoms with Crippen molar-refractivity contribution in [2.24, 2.45) is 0 Å². The first-order chi connectivity index (χ1) is 12.5. The third-order valence-electron chi connectivity index (χ3n) is 4.82. The van der Waals surface area contributed by atoms with Crippen molar-refractivity contribution in [1.29, 1.82) is 0 Å². The zero-order valence-corrected chi connectivity index (χ0v) is 14.4. The second-order valence-corrected chi connectivity index (χ2v) is 6.42. The molecule has 0 bridgehead atoms. The maximum Gasteiger partial charge on any atom is 0.268 e. The summed E-state index contributed by atoms with van der Waals surface area (Å²) in [4.78, 5) is 25.8. The van der Waals surface area contributed by atoms with Crippen molar-refractivity contribution in [2.75, 3.05) is 12.4 Å². The van der Waals surface area contributed by atoms with Gasteiger partial charge in [0, 0.05) is 11.4 Å². The quantitative estimate of drug-likeness (QED) is 0.761. The van der Waals surface area contributed by atoms with Crippen molar-refractivity contribution >= 4 is 22.5 Å². The first kappa shape index (κ1) is 16.2. The molecule has 1 aliphatic heterocycles. The van der Waals surface area contributed by atoms with E-state index in [0.29, 0.717) is 28.8 Å². The molecule has 1 aliphatic rings. The second kappa shape index (κ2) is 5.91. The normalized spacial score (nSPS) is 15.2. The minimum atomic E-state index is -0.660. The third kappa shape index (κ3) is 2.26. The highest BCUT2D eigenvalue weighted by Crippen LogP contribution is 2.36. The van der Waals surface area contributed by atoms with Crippen LogP contribution in [0.3, 0.4) is 0 Å². The average Bonchev–Trinajstić information content (AvgIpc) is 2.97. The Kier molecular flexibility index (Phi) is 3.68. The molecule has 6 nitrogen and oxygen atoms in total. The number of anilines is 1. The molecule has 2 aromatic carbocycles. The smallest absolute Gasteiger partial charge is 0.268 e. The van der Waals surface area contributed by atoms with Crippen LogP contribution in [-0.4, -0.2) is 22.7 Å². The van der Waals surface area contributed by atoms with Gasteiger partial charge < -0.3 is 19.7 Å². The summed E-state index contributed by atoms with van der Waals surface area (Å²) in [6.45, 7) is 1.93. The van der Waals surface area contributed by atoms with Gasteiger partial charge in [-0.25, -0.2) is 0 Å². The lowest BCUT2D eigenvalue weighted by Crippen LogP contribution is -2.30. The van der Waals surface area contributed by atoms with Gasteiger partial charge in [-0.15, -0.1) is 0 Å². The van der Waals surface area contributed by atoms with Gasteiger partial charge in [0.15, 0.2) is 0 Å². The van der Waals surface area contributed by atoms with E-state index in [0.717, 1.165) is 5.56 Å². The van der Waals surface area contributed by atoms with Gasteiger partial charge in [-0.1, -0.05) is 24.3 Å². The Balaban J connectivity index is 1.88. The average molecular weight is 350 g/mol. The number of nitrogens with one attached hydrogen (secondary N) is 1. The summed E-state index contributed by atoms with van der Waals surface area (Å²) >= 11 is 0. The predicted octanol–water partition coefficient (Wildman–Crippen LogP) is 3.09. The first-order valence-electron chi connectivity index (χ1n) is 8.36. The highest BCUT2D eigenvalue weighted by atomic mass is 16.5. The largest absolute Gasteiger partial charge is 0.506 e. The van der Waals surface area contributed by atoms with Crippen molar-refractivity contribution < 1.29 is 14.6 Å². The summed E-state index contributed by atoms with van der Waals surface area (Å²) in [6, 6.07) is 12.3. The molecule has 2 N–H and O–H groups in total. The Morgan fingerprint density at radius 3 is 2.77 bits per heavy atom. The summed E-state index contributed by atoms with van der Waals surface area (Å²) in [7, 11) is 1.50. The zero-order valence-electron chi connectivity index (χ0n) is 14.4. The monoisotopic (exact) mass is 350 g/mol. The summed E-state index contributed by atoms with van der Waals surface area (Å²) in [6.07, 6.45) is 0.698. The zero-order chi connectivity index (χ0) is 18.4. The van der Waals surface area contributed by atoms with Crippen LogP contribution < -0.4 is 15.6 Å². The van der Waals surface area contributed by atoms with Gasteiger partial charge >= 0.3 is 0 Å². The molecule has 0 aliphatic carbocycles. The number of aromatic nitrogens is 1. The number of benzene rings is 2. The van der Waals surface area contributed by atoms with E-state index in [1.165, 1.54) is 7.11 Å². The van der Waals surface area contributed by atoms with E-state index in [1.807, 2.05) is 19.1 Å². The minimum absolute atomic E-state index is 0.0687. The van der Waals surface area contributed by atoms with Crippen LogP contribution in [0.4, 0.5) is 5.69 Å². The maximum atomic E-state index is 13.0. The molecule has 1 aromatic heterocycles. The van der Waals surface area contributed by atoms with Gasteiger partial charge in [0.25, 0.3) is 11.5 Å². The van der Waals surface area contributed by atoms with Crippen molar-refractivity contribution in [1.82, 2.24) is 4.57 Å². The number of nitrogens with zero attached hydrogens (tertiary/aromatic N) is 1. The van der Waals surface area contributed by atoms with Crippen LogP contribution in [0, 0.1) is 0 Å². The number of hydrogen-bond donors (Lipinski definition) is 2. The molecule has 0 saturated heterocycles. The van der Waals surface area contributed by atoms with Crippen LogP contribution >= 0.6 is 0 Å². The van der Waals surface area contributed by atoms with E-state index in [9.17, 15) is 14.7 Å². The molecular formula is C20H18N2O4. The Labute approximate surface area is 149 Å². The van der Waals surface area contributed by atoms with E-state index in [4.69, 9.17) is 4.74 Å². The number of carbonyl (C=O) groups excluding carboxylic acids is 1. The number of hydrogen-bond acceptors (Lipinski definition) is 4. The number of pyridine rings is 1. The van der Waals surface area contributed by atoms with Crippen LogP contribution in [0.5, 0.6) is 11.5 Å². The molecule has 0 fully saturated rings. The fraction of sp³-hybridized carbons (Fsp3) is 0.200. The lowest BCUT2D eigenvalue weighted by molar-refractivity contribution is 0.102. The van der Waals surface area contributed by atoms with Crippen LogP contribution in [0.2, 0.25) is 0 Å². The molecule has 132 valence electrons. The van der Waals surface area contributed by atoms with Gasteiger partial charge in [0.1, 0.15) is 17.1 Å². The summed E-state index contributed by atoms with van der Waals surface area (Å²) in [5, 5.41) is 13.8. The van der Waals surface area contributed by atoms with Crippen LogP contribution in [0.15, 0.2) is 47.3 Å². The molecule has 4 rings (SSSR count). The lowest BCUT2D eigenvalue weighted by Gasteiger charge is -2.15. The molecule has 1 atom stereocenters. The van der Waals surface area contributed by atoms with Crippen LogP contribution in [0.25, 0.3) is 10.9 Å². The molecule has 0 saturated carbocycles. The number of para-hydroxylation sites is 3. The molecule has 6 heteroatoms. The number of methoxy groups -OCH3 is 1. The van der Waals surface area contributed by atoms with Gasteiger partial charge in [-0.3, -0.25) is 9.59 Å². The van der Waals surface area contributed by atoms with E-state index in [2.05, 4.69) is 5.32 Å². The standard InChI is InChI=1S/C20H18N2O4/c1-11-10-12-6-5-7-13-17(12)22(11)20(25)16(18(13)23)19(24)21-14-8-3-4-9-15(14)26-2/h3-9,11,23H,10H2,1-2H3,(H,21,24)/t11-/m0/s1. The van der Waals surface area contributed by atoms with Crippen molar-refractivity contribution in [3.05, 3.63) is 63.9 Å². The highest BCUT2D eigenvalue weighted by molar-refractivity contribution is 6.10. The SMILES string of the molecule is COc1ccccc1NC(=O)c1c(O)c2cccc3c2n(c1=O)[C@@H](C)C3. The van der Waals surface area contributed by atoms with Crippen molar-refractivity contribution in [2.45, 2.75) is 19.4 Å². The van der Waals surface area contributed by atoms with Gasteiger partial charge in [0.05, 0.1) is 18.3 Å². The fourth-order valence-electron chi connectivity index (χ4n) is 3.66. The molecule has 0 unspecified atom stereocenters. The molecule has 1 amide bonds. The minimum Gasteiger partial charge on any atom is -0.506 e. The predicted molar refractivity (Wildman–Crippen MR) is 99.2 cm³/mol. The molecule has 26 heavy (non-hydrogen) atoms. The Morgan fingerprint density at radius 2 is 2.00 bits per heavy atom. The number of amides is 1. The van der Waals surface area contributed by atoms with Gasteiger partial charge in [0.2, 0.25) is 0 Å². The van der Waals surface area contributed by atoms with Crippen molar-refractivity contribution in [3.63, 3.8) is 0 Å². The van der Waals surface area contributed by atoms with Gasteiger partial charge in [-0.2, -0.15) is 0 Å². The maximum absolute atomic E-state index is 13.0. The molecule has 0 radical (unpaired) electrons. The number of aromatic hydroxyl groups is 1. The Morgan fingerprint density at radius 1 is 1.23 bits per heavy atom. The summed E-state index contributed by atoms with van der Waals surface area (Å²) in [5.41, 5.74) is 1.40. The molecule has 0 spiro atoms. The highest BCUT2D eigenvalue weighted by Gasteiger charge is 2.29. The number of rotatable bonds is 3. The van der Waals surface area contributed by atoms with Crippen LogP contribution in [-0.2, 0) is 6.42 Å². The topological polar surface area (TPSA) is 80.6 Å². The Bertz CT molecular complexity index is 1100. The molecule has 2 heterocycles. The Hall–Kier alpha value is -3.28. The van der Waals surface area contributed by atoms with Crippen LogP contribution in [0.1, 0.15) is 28.9 Å². The summed E-state index contributed by atoms with van der Waals surface area (Å²) < 4.78 is 6.82. The van der Waals surface area contributed by atoms with E-state index >= 15 is 0 Å². The molecular weight excluding hydrogens is 332 g/mol. The fourth-order valence-corrected chi connectivity index (χ4v) is 3.66. The van der Waals surface area contributed by atoms with E-state index < -0.39 is 11.5 Å².